The van der Waals surface area contributed by atoms with Crippen molar-refractivity contribution in [3.05, 3.63) is 27.7 Å². The highest BCUT2D eigenvalue weighted by molar-refractivity contribution is 9.10. The molecule has 0 saturated heterocycles. The summed E-state index contributed by atoms with van der Waals surface area (Å²) in [5, 5.41) is 3.45. The van der Waals surface area contributed by atoms with Crippen LogP contribution in [0.25, 0.3) is 0 Å². The molecule has 2 rings (SSSR count). The minimum absolute atomic E-state index is 0.796. The van der Waals surface area contributed by atoms with Gasteiger partial charge in [0.2, 0.25) is 0 Å². The van der Waals surface area contributed by atoms with Gasteiger partial charge in [0, 0.05) is 16.6 Å². The van der Waals surface area contributed by atoms with Gasteiger partial charge in [0.05, 0.1) is 6.61 Å². The van der Waals surface area contributed by atoms with E-state index in [-0.39, 0.29) is 0 Å². The van der Waals surface area contributed by atoms with Crippen molar-refractivity contribution in [3.8, 4) is 5.75 Å². The van der Waals surface area contributed by atoms with Crippen LogP contribution in [0.3, 0.4) is 0 Å². The van der Waals surface area contributed by atoms with E-state index in [9.17, 15) is 0 Å². The van der Waals surface area contributed by atoms with Crippen LogP contribution in [0.5, 0.6) is 5.75 Å². The Bertz CT molecular complexity index is 402. The topological polar surface area (TPSA) is 21.3 Å². The molecule has 2 nitrogen and oxygen atoms in total. The van der Waals surface area contributed by atoms with E-state index in [4.69, 9.17) is 4.74 Å². The van der Waals surface area contributed by atoms with Crippen molar-refractivity contribution in [2.45, 2.75) is 39.7 Å². The van der Waals surface area contributed by atoms with E-state index in [2.05, 4.69) is 47.2 Å². The predicted molar refractivity (Wildman–Crippen MR) is 79.1 cm³/mol. The Kier molecular flexibility index (Phi) is 5.07. The Hall–Kier alpha value is -0.540. The van der Waals surface area contributed by atoms with Gasteiger partial charge >= 0.3 is 0 Å². The molecule has 0 atom stereocenters. The van der Waals surface area contributed by atoms with Crippen molar-refractivity contribution in [3.63, 3.8) is 0 Å². The van der Waals surface area contributed by atoms with Gasteiger partial charge in [-0.2, -0.15) is 0 Å². The zero-order valence-corrected chi connectivity index (χ0v) is 12.8. The van der Waals surface area contributed by atoms with Gasteiger partial charge in [-0.1, -0.05) is 22.9 Å². The van der Waals surface area contributed by atoms with E-state index in [0.29, 0.717) is 0 Å². The van der Waals surface area contributed by atoms with Gasteiger partial charge in [-0.15, -0.1) is 0 Å². The molecule has 1 fully saturated rings. The van der Waals surface area contributed by atoms with Gasteiger partial charge in [0.15, 0.2) is 0 Å². The van der Waals surface area contributed by atoms with Crippen LogP contribution in [0.1, 0.15) is 37.3 Å². The molecule has 1 aromatic carbocycles. The highest BCUT2D eigenvalue weighted by atomic mass is 79.9. The highest BCUT2D eigenvalue weighted by Gasteiger charge is 2.22. The number of halogens is 1. The monoisotopic (exact) mass is 311 g/mol. The first-order valence-corrected chi connectivity index (χ1v) is 7.62. The van der Waals surface area contributed by atoms with Gasteiger partial charge in [0.25, 0.3) is 0 Å². The first-order valence-electron chi connectivity index (χ1n) is 6.83. The Labute approximate surface area is 118 Å². The molecular weight excluding hydrogens is 290 g/mol. The van der Waals surface area contributed by atoms with Crippen molar-refractivity contribution in [1.29, 1.82) is 0 Å². The quantitative estimate of drug-likeness (QED) is 0.767. The van der Waals surface area contributed by atoms with Crippen LogP contribution in [0.2, 0.25) is 0 Å². The number of ether oxygens (including phenoxy) is 1. The second-order valence-corrected chi connectivity index (χ2v) is 6.06. The van der Waals surface area contributed by atoms with E-state index < -0.39 is 0 Å². The SMILES string of the molecule is CCCNCc1cc(Br)cc(C)c1OCC1CC1. The van der Waals surface area contributed by atoms with E-state index in [1.807, 2.05) is 0 Å². The first kappa shape index (κ1) is 13.9. The molecule has 3 heteroatoms. The second-order valence-electron chi connectivity index (χ2n) is 5.14. The second kappa shape index (κ2) is 6.58. The Morgan fingerprint density at radius 2 is 2.17 bits per heavy atom. The van der Waals surface area contributed by atoms with E-state index in [1.165, 1.54) is 24.0 Å². The lowest BCUT2D eigenvalue weighted by Crippen LogP contribution is -2.15. The number of nitrogens with one attached hydrogen (secondary N) is 1. The van der Waals surface area contributed by atoms with E-state index in [1.54, 1.807) is 0 Å². The minimum Gasteiger partial charge on any atom is -0.493 e. The summed E-state index contributed by atoms with van der Waals surface area (Å²) in [6, 6.07) is 4.30. The summed E-state index contributed by atoms with van der Waals surface area (Å²) in [6.45, 7) is 7.12. The predicted octanol–water partition coefficient (Wildman–Crippen LogP) is 4.05. The lowest BCUT2D eigenvalue weighted by molar-refractivity contribution is 0.294. The summed E-state index contributed by atoms with van der Waals surface area (Å²) in [5.74, 6) is 1.87. The molecule has 1 aromatic rings. The van der Waals surface area contributed by atoms with Gasteiger partial charge in [0.1, 0.15) is 5.75 Å². The average molecular weight is 312 g/mol. The largest absolute Gasteiger partial charge is 0.493 e. The molecule has 100 valence electrons. The lowest BCUT2D eigenvalue weighted by atomic mass is 10.1. The molecule has 1 saturated carbocycles. The van der Waals surface area contributed by atoms with Gasteiger partial charge in [-0.3, -0.25) is 0 Å². The van der Waals surface area contributed by atoms with Crippen LogP contribution < -0.4 is 10.1 Å². The van der Waals surface area contributed by atoms with Crippen molar-refractivity contribution in [2.75, 3.05) is 13.2 Å². The number of rotatable bonds is 7. The van der Waals surface area contributed by atoms with Crippen LogP contribution >= 0.6 is 15.9 Å². The summed E-state index contributed by atoms with van der Waals surface area (Å²) in [6.07, 6.45) is 3.82. The van der Waals surface area contributed by atoms with Crippen molar-refractivity contribution in [2.24, 2.45) is 5.92 Å². The maximum Gasteiger partial charge on any atom is 0.126 e. The maximum absolute atomic E-state index is 6.02. The van der Waals surface area contributed by atoms with Crippen LogP contribution in [-0.4, -0.2) is 13.2 Å². The maximum atomic E-state index is 6.02. The molecule has 0 unspecified atom stereocenters. The van der Waals surface area contributed by atoms with Crippen molar-refractivity contribution < 1.29 is 4.74 Å². The molecule has 0 radical (unpaired) electrons. The summed E-state index contributed by atoms with van der Waals surface area (Å²) in [5.41, 5.74) is 2.48. The lowest BCUT2D eigenvalue weighted by Gasteiger charge is -2.15. The fourth-order valence-corrected chi connectivity index (χ4v) is 2.64. The van der Waals surface area contributed by atoms with Crippen LogP contribution in [0, 0.1) is 12.8 Å². The molecule has 1 N–H and O–H groups in total. The molecule has 18 heavy (non-hydrogen) atoms. The first-order chi connectivity index (χ1) is 8.70. The van der Waals surface area contributed by atoms with Crippen LogP contribution in [0.4, 0.5) is 0 Å². The molecule has 0 spiro atoms. The van der Waals surface area contributed by atoms with Crippen molar-refractivity contribution in [1.82, 2.24) is 5.32 Å². The van der Waals surface area contributed by atoms with E-state index in [0.717, 1.165) is 42.3 Å². The third-order valence-corrected chi connectivity index (χ3v) is 3.68. The number of aryl methyl sites for hydroxylation is 1. The number of hydrogen-bond acceptors (Lipinski definition) is 2. The zero-order chi connectivity index (χ0) is 13.0. The normalized spacial score (nSPS) is 14.8. The third kappa shape index (κ3) is 3.99. The van der Waals surface area contributed by atoms with Gasteiger partial charge in [-0.25, -0.2) is 0 Å². The molecule has 0 amide bonds. The van der Waals surface area contributed by atoms with Crippen molar-refractivity contribution >= 4 is 15.9 Å². The van der Waals surface area contributed by atoms with Gasteiger partial charge < -0.3 is 10.1 Å². The summed E-state index contributed by atoms with van der Waals surface area (Å²) < 4.78 is 7.15. The fraction of sp³-hybridized carbons (Fsp3) is 0.600. The number of hydrogen-bond donors (Lipinski definition) is 1. The fourth-order valence-electron chi connectivity index (χ4n) is 2.02. The molecule has 0 aromatic heterocycles. The standard InChI is InChI=1S/C15H22BrNO/c1-3-6-17-9-13-8-14(16)7-11(2)15(13)18-10-12-4-5-12/h7-8,12,17H,3-6,9-10H2,1-2H3. The Morgan fingerprint density at radius 1 is 1.39 bits per heavy atom. The van der Waals surface area contributed by atoms with Gasteiger partial charge in [-0.05, 0) is 56.3 Å². The minimum atomic E-state index is 0.796. The molecule has 0 aliphatic heterocycles. The van der Waals surface area contributed by atoms with Crippen LogP contribution in [-0.2, 0) is 6.54 Å². The third-order valence-electron chi connectivity index (χ3n) is 3.22. The smallest absolute Gasteiger partial charge is 0.126 e. The summed E-state index contributed by atoms with van der Waals surface area (Å²) >= 11 is 3.57. The van der Waals surface area contributed by atoms with E-state index >= 15 is 0 Å². The Balaban J connectivity index is 2.06. The van der Waals surface area contributed by atoms with Crippen LogP contribution in [0.15, 0.2) is 16.6 Å². The molecular formula is C15H22BrNO. The Morgan fingerprint density at radius 3 is 2.83 bits per heavy atom. The highest BCUT2D eigenvalue weighted by Crippen LogP contribution is 2.33. The molecule has 0 bridgehead atoms. The molecule has 1 aliphatic carbocycles. The zero-order valence-electron chi connectivity index (χ0n) is 11.3. The number of benzene rings is 1. The molecule has 0 heterocycles. The molecule has 1 aliphatic rings. The summed E-state index contributed by atoms with van der Waals surface area (Å²) in [7, 11) is 0. The summed E-state index contributed by atoms with van der Waals surface area (Å²) in [4.78, 5) is 0. The average Bonchev–Trinajstić information content (AvgIpc) is 3.12.